The maximum Gasteiger partial charge on any atom is 0.134 e. The van der Waals surface area contributed by atoms with Crippen LogP contribution >= 0.6 is 0 Å². The number of carbonyl (C=O) groups is 1. The van der Waals surface area contributed by atoms with Gasteiger partial charge in [0.15, 0.2) is 0 Å². The molecular formula is C12H19NO. The van der Waals surface area contributed by atoms with Gasteiger partial charge in [-0.05, 0) is 52.5 Å². The molecule has 2 nitrogen and oxygen atoms in total. The Bertz CT molecular complexity index is 304. The standard InChI is InChI=1S/C12H19NO/c1-8(2)12(7-9(3)14)10(4)11(5)13-6/h6-7H2,1-5H3/b11-10-. The van der Waals surface area contributed by atoms with E-state index in [9.17, 15) is 4.79 Å². The van der Waals surface area contributed by atoms with Crippen LogP contribution in [0.5, 0.6) is 0 Å². The van der Waals surface area contributed by atoms with Crippen LogP contribution in [0.3, 0.4) is 0 Å². The highest BCUT2D eigenvalue weighted by atomic mass is 16.1. The third-order valence-electron chi connectivity index (χ3n) is 2.26. The number of hydrogen-bond donors (Lipinski definition) is 0. The molecule has 0 aliphatic carbocycles. The first-order valence-corrected chi connectivity index (χ1v) is 4.70. The van der Waals surface area contributed by atoms with Crippen molar-refractivity contribution in [3.05, 3.63) is 22.4 Å². The third-order valence-corrected chi connectivity index (χ3v) is 2.26. The zero-order chi connectivity index (χ0) is 11.3. The molecular weight excluding hydrogens is 174 g/mol. The molecule has 0 aliphatic heterocycles. The number of rotatable bonds is 4. The maximum absolute atomic E-state index is 11.1. The summed E-state index contributed by atoms with van der Waals surface area (Å²) in [6.07, 6.45) is 0.487. The van der Waals surface area contributed by atoms with Crippen molar-refractivity contribution in [2.24, 2.45) is 4.99 Å². The second-order valence-electron chi connectivity index (χ2n) is 3.73. The van der Waals surface area contributed by atoms with Crippen LogP contribution in [0.15, 0.2) is 27.4 Å². The van der Waals surface area contributed by atoms with Gasteiger partial charge in [0.05, 0.1) is 0 Å². The normalized spacial score (nSPS) is 11.8. The van der Waals surface area contributed by atoms with Crippen LogP contribution < -0.4 is 0 Å². The van der Waals surface area contributed by atoms with Crippen LogP contribution in [0.25, 0.3) is 0 Å². The number of carbonyl (C=O) groups excluding carboxylic acids is 1. The number of nitrogens with zero attached hydrogens (tertiary/aromatic N) is 1. The molecule has 0 saturated carbocycles. The first-order chi connectivity index (χ1) is 6.40. The minimum atomic E-state index is 0.178. The Morgan fingerprint density at radius 1 is 1.14 bits per heavy atom. The van der Waals surface area contributed by atoms with E-state index in [1.165, 1.54) is 5.57 Å². The monoisotopic (exact) mass is 193 g/mol. The minimum Gasteiger partial charge on any atom is -0.300 e. The van der Waals surface area contributed by atoms with Gasteiger partial charge < -0.3 is 0 Å². The van der Waals surface area contributed by atoms with Crippen molar-refractivity contribution in [1.82, 2.24) is 0 Å². The zero-order valence-corrected chi connectivity index (χ0v) is 9.77. The molecule has 0 aromatic carbocycles. The van der Waals surface area contributed by atoms with E-state index in [4.69, 9.17) is 0 Å². The molecule has 0 spiro atoms. The number of aliphatic imine (C=N–C) groups is 1. The van der Waals surface area contributed by atoms with E-state index in [1.807, 2.05) is 27.7 Å². The molecule has 0 rings (SSSR count). The average molecular weight is 193 g/mol. The molecule has 0 aromatic rings. The predicted molar refractivity (Wildman–Crippen MR) is 61.6 cm³/mol. The van der Waals surface area contributed by atoms with E-state index in [1.54, 1.807) is 6.92 Å². The molecule has 0 unspecified atom stereocenters. The third kappa shape index (κ3) is 3.69. The highest BCUT2D eigenvalue weighted by Crippen LogP contribution is 2.22. The minimum absolute atomic E-state index is 0.178. The molecule has 0 radical (unpaired) electrons. The average Bonchev–Trinajstić information content (AvgIpc) is 2.11. The first-order valence-electron chi connectivity index (χ1n) is 4.70. The number of allylic oxidation sites excluding steroid dienone is 4. The zero-order valence-electron chi connectivity index (χ0n) is 9.77. The summed E-state index contributed by atoms with van der Waals surface area (Å²) in [5.74, 6) is 0.178. The lowest BCUT2D eigenvalue weighted by molar-refractivity contribution is -0.116. The van der Waals surface area contributed by atoms with Gasteiger partial charge >= 0.3 is 0 Å². The molecule has 0 bridgehead atoms. The number of hydrogen-bond acceptors (Lipinski definition) is 2. The molecule has 0 amide bonds. The van der Waals surface area contributed by atoms with Gasteiger partial charge in [-0.1, -0.05) is 5.57 Å². The van der Waals surface area contributed by atoms with E-state index >= 15 is 0 Å². The van der Waals surface area contributed by atoms with Gasteiger partial charge in [-0.3, -0.25) is 9.79 Å². The summed E-state index contributed by atoms with van der Waals surface area (Å²) in [5, 5.41) is 0. The lowest BCUT2D eigenvalue weighted by atomic mass is 9.96. The molecule has 0 saturated heterocycles. The largest absolute Gasteiger partial charge is 0.300 e. The van der Waals surface area contributed by atoms with Crippen molar-refractivity contribution >= 4 is 12.5 Å². The molecule has 78 valence electrons. The van der Waals surface area contributed by atoms with Crippen molar-refractivity contribution in [3.63, 3.8) is 0 Å². The second-order valence-corrected chi connectivity index (χ2v) is 3.73. The van der Waals surface area contributed by atoms with Crippen molar-refractivity contribution < 1.29 is 4.79 Å². The van der Waals surface area contributed by atoms with Crippen molar-refractivity contribution in [3.8, 4) is 0 Å². The van der Waals surface area contributed by atoms with Gasteiger partial charge in [0, 0.05) is 12.1 Å². The Hall–Kier alpha value is -1.18. The Balaban J connectivity index is 5.16. The molecule has 0 heterocycles. The fraction of sp³-hybridized carbons (Fsp3) is 0.500. The van der Waals surface area contributed by atoms with Crippen molar-refractivity contribution in [1.29, 1.82) is 0 Å². The highest BCUT2D eigenvalue weighted by molar-refractivity contribution is 5.79. The summed E-state index contributed by atoms with van der Waals surface area (Å²) in [4.78, 5) is 15.0. The Kier molecular flexibility index (Phi) is 5.06. The molecule has 0 aliphatic rings. The van der Waals surface area contributed by atoms with Crippen LogP contribution in [0, 0.1) is 0 Å². The summed E-state index contributed by atoms with van der Waals surface area (Å²) in [6, 6.07) is 0. The number of Topliss-reactive ketones (excluding diaryl/α,β-unsaturated/α-hetero) is 1. The van der Waals surface area contributed by atoms with Crippen LogP contribution in [0.2, 0.25) is 0 Å². The predicted octanol–water partition coefficient (Wildman–Crippen LogP) is 3.30. The molecule has 0 N–H and O–H groups in total. The lowest BCUT2D eigenvalue weighted by Crippen LogP contribution is -1.98. The first kappa shape index (κ1) is 12.8. The molecule has 0 atom stereocenters. The van der Waals surface area contributed by atoms with Crippen LogP contribution in [0.4, 0.5) is 0 Å². The maximum atomic E-state index is 11.1. The number of ketones is 1. The van der Waals surface area contributed by atoms with Gasteiger partial charge in [-0.25, -0.2) is 0 Å². The second kappa shape index (κ2) is 5.53. The quantitative estimate of drug-likeness (QED) is 0.497. The SMILES string of the molecule is C=N/C(C)=C(/C)C(CC(C)=O)=C(C)C. The van der Waals surface area contributed by atoms with E-state index in [2.05, 4.69) is 11.7 Å². The van der Waals surface area contributed by atoms with Crippen LogP contribution in [0.1, 0.15) is 41.0 Å². The van der Waals surface area contributed by atoms with Gasteiger partial charge in [0.1, 0.15) is 5.78 Å². The van der Waals surface area contributed by atoms with Gasteiger partial charge in [-0.15, -0.1) is 0 Å². The summed E-state index contributed by atoms with van der Waals surface area (Å²) >= 11 is 0. The Labute approximate surface area is 86.4 Å². The smallest absolute Gasteiger partial charge is 0.134 e. The van der Waals surface area contributed by atoms with Gasteiger partial charge in [0.2, 0.25) is 0 Å². The molecule has 0 aromatic heterocycles. The summed E-state index contributed by atoms with van der Waals surface area (Å²) < 4.78 is 0. The van der Waals surface area contributed by atoms with Crippen molar-refractivity contribution in [2.75, 3.05) is 0 Å². The van der Waals surface area contributed by atoms with Crippen molar-refractivity contribution in [2.45, 2.75) is 41.0 Å². The summed E-state index contributed by atoms with van der Waals surface area (Å²) in [5.41, 5.74) is 4.21. The van der Waals surface area contributed by atoms with E-state index in [0.717, 1.165) is 16.8 Å². The highest BCUT2D eigenvalue weighted by Gasteiger charge is 2.07. The van der Waals surface area contributed by atoms with E-state index in [-0.39, 0.29) is 5.78 Å². The van der Waals surface area contributed by atoms with Gasteiger partial charge in [-0.2, -0.15) is 0 Å². The van der Waals surface area contributed by atoms with Crippen LogP contribution in [-0.4, -0.2) is 12.5 Å². The van der Waals surface area contributed by atoms with Crippen LogP contribution in [-0.2, 0) is 4.79 Å². The fourth-order valence-electron chi connectivity index (χ4n) is 1.27. The lowest BCUT2D eigenvalue weighted by Gasteiger charge is -2.10. The Morgan fingerprint density at radius 2 is 1.64 bits per heavy atom. The topological polar surface area (TPSA) is 29.4 Å². The summed E-state index contributed by atoms with van der Waals surface area (Å²) in [7, 11) is 0. The molecule has 2 heteroatoms. The van der Waals surface area contributed by atoms with E-state index < -0.39 is 0 Å². The summed E-state index contributed by atoms with van der Waals surface area (Å²) in [6.45, 7) is 13.0. The fourth-order valence-corrected chi connectivity index (χ4v) is 1.27. The molecule has 0 fully saturated rings. The van der Waals surface area contributed by atoms with Gasteiger partial charge in [0.25, 0.3) is 0 Å². The molecule has 14 heavy (non-hydrogen) atoms. The Morgan fingerprint density at radius 3 is 1.93 bits per heavy atom. The van der Waals surface area contributed by atoms with E-state index in [0.29, 0.717) is 6.42 Å².